The number of rotatable bonds is 2. The minimum Gasteiger partial charge on any atom is -0.478 e. The molecule has 1 aliphatic heterocycles. The number of carboxylic acid groups (broad SMARTS) is 1. The van der Waals surface area contributed by atoms with Crippen LogP contribution in [0, 0.1) is 6.92 Å². The maximum atomic E-state index is 11.8. The highest BCUT2D eigenvalue weighted by Crippen LogP contribution is 2.24. The zero-order chi connectivity index (χ0) is 12.4. The van der Waals surface area contributed by atoms with E-state index >= 15 is 0 Å². The van der Waals surface area contributed by atoms with Crippen LogP contribution in [0.15, 0.2) is 12.3 Å². The van der Waals surface area contributed by atoms with E-state index in [1.807, 2.05) is 0 Å². The topological polar surface area (TPSA) is 70.5 Å². The Kier molecular flexibility index (Phi) is 3.08. The summed E-state index contributed by atoms with van der Waals surface area (Å²) >= 11 is 0. The van der Waals surface area contributed by atoms with Gasteiger partial charge in [0, 0.05) is 19.2 Å². The van der Waals surface area contributed by atoms with Crippen molar-refractivity contribution < 1.29 is 14.7 Å². The van der Waals surface area contributed by atoms with Crippen LogP contribution in [0.25, 0.3) is 0 Å². The van der Waals surface area contributed by atoms with Crippen molar-refractivity contribution in [2.75, 3.05) is 11.4 Å². The Bertz CT molecular complexity index is 471. The van der Waals surface area contributed by atoms with E-state index in [2.05, 4.69) is 4.98 Å². The summed E-state index contributed by atoms with van der Waals surface area (Å²) < 4.78 is 0. The Labute approximate surface area is 99.1 Å². The number of aromatic nitrogens is 1. The summed E-state index contributed by atoms with van der Waals surface area (Å²) in [5.74, 6) is -0.803. The SMILES string of the molecule is Cc1ccnc(N2CCCCC2=O)c1C(=O)O. The fourth-order valence-corrected chi connectivity index (χ4v) is 2.04. The summed E-state index contributed by atoms with van der Waals surface area (Å²) in [6.07, 6.45) is 3.76. The smallest absolute Gasteiger partial charge is 0.339 e. The average molecular weight is 234 g/mol. The van der Waals surface area contributed by atoms with E-state index in [1.54, 1.807) is 19.2 Å². The first-order chi connectivity index (χ1) is 8.11. The van der Waals surface area contributed by atoms with Crippen LogP contribution < -0.4 is 4.90 Å². The highest BCUT2D eigenvalue weighted by atomic mass is 16.4. The van der Waals surface area contributed by atoms with Crippen molar-refractivity contribution in [2.24, 2.45) is 0 Å². The molecule has 0 saturated carbocycles. The van der Waals surface area contributed by atoms with Crippen molar-refractivity contribution in [3.05, 3.63) is 23.4 Å². The molecule has 1 saturated heterocycles. The standard InChI is InChI=1S/C12H14N2O3/c1-8-5-6-13-11(10(8)12(16)17)14-7-3-2-4-9(14)15/h5-6H,2-4,7H2,1H3,(H,16,17). The lowest BCUT2D eigenvalue weighted by Crippen LogP contribution is -2.37. The van der Waals surface area contributed by atoms with Gasteiger partial charge in [0.05, 0.1) is 0 Å². The Hall–Kier alpha value is -1.91. The predicted octanol–water partition coefficient (Wildman–Crippen LogP) is 1.61. The number of aromatic carboxylic acids is 1. The number of aryl methyl sites for hydroxylation is 1. The monoisotopic (exact) mass is 234 g/mol. The number of pyridine rings is 1. The number of anilines is 1. The Morgan fingerprint density at radius 1 is 1.47 bits per heavy atom. The molecule has 2 rings (SSSR count). The normalized spacial score (nSPS) is 16.1. The van der Waals surface area contributed by atoms with Crippen LogP contribution in [0.5, 0.6) is 0 Å². The third kappa shape index (κ3) is 2.13. The van der Waals surface area contributed by atoms with Crippen LogP contribution in [0.3, 0.4) is 0 Å². The zero-order valence-electron chi connectivity index (χ0n) is 9.64. The molecule has 0 bridgehead atoms. The van der Waals surface area contributed by atoms with Crippen molar-refractivity contribution >= 4 is 17.7 Å². The molecule has 0 aromatic carbocycles. The summed E-state index contributed by atoms with van der Waals surface area (Å²) in [7, 11) is 0. The van der Waals surface area contributed by atoms with E-state index in [0.29, 0.717) is 18.5 Å². The van der Waals surface area contributed by atoms with E-state index in [4.69, 9.17) is 0 Å². The zero-order valence-corrected chi connectivity index (χ0v) is 9.64. The van der Waals surface area contributed by atoms with Gasteiger partial charge in [-0.3, -0.25) is 9.69 Å². The summed E-state index contributed by atoms with van der Waals surface area (Å²) in [4.78, 5) is 28.5. The van der Waals surface area contributed by atoms with Crippen LogP contribution >= 0.6 is 0 Å². The number of piperidine rings is 1. The highest BCUT2D eigenvalue weighted by molar-refractivity contribution is 6.01. The molecule has 0 radical (unpaired) electrons. The summed E-state index contributed by atoms with van der Waals surface area (Å²) in [5.41, 5.74) is 0.753. The largest absolute Gasteiger partial charge is 0.478 e. The lowest BCUT2D eigenvalue weighted by molar-refractivity contribution is -0.119. The number of carbonyl (C=O) groups excluding carboxylic acids is 1. The second-order valence-corrected chi connectivity index (χ2v) is 4.13. The van der Waals surface area contributed by atoms with Crippen molar-refractivity contribution in [1.82, 2.24) is 4.98 Å². The van der Waals surface area contributed by atoms with Gasteiger partial charge < -0.3 is 5.11 Å². The molecule has 1 aromatic heterocycles. The quantitative estimate of drug-likeness (QED) is 0.843. The van der Waals surface area contributed by atoms with E-state index in [1.165, 1.54) is 4.90 Å². The third-order valence-corrected chi connectivity index (χ3v) is 2.93. The number of nitrogens with zero attached hydrogens (tertiary/aromatic N) is 2. The molecule has 5 nitrogen and oxygen atoms in total. The molecule has 1 aliphatic rings. The maximum absolute atomic E-state index is 11.8. The van der Waals surface area contributed by atoms with Gasteiger partial charge in [-0.25, -0.2) is 9.78 Å². The number of carbonyl (C=O) groups is 2. The highest BCUT2D eigenvalue weighted by Gasteiger charge is 2.26. The second kappa shape index (κ2) is 4.53. The molecular weight excluding hydrogens is 220 g/mol. The molecule has 1 amide bonds. The Balaban J connectivity index is 2.47. The first-order valence-corrected chi connectivity index (χ1v) is 5.60. The van der Waals surface area contributed by atoms with Crippen LogP contribution in [-0.2, 0) is 4.79 Å². The first-order valence-electron chi connectivity index (χ1n) is 5.60. The van der Waals surface area contributed by atoms with Gasteiger partial charge in [-0.2, -0.15) is 0 Å². The minimum absolute atomic E-state index is 0.0446. The molecule has 1 fully saturated rings. The molecule has 0 atom stereocenters. The second-order valence-electron chi connectivity index (χ2n) is 4.13. The Morgan fingerprint density at radius 3 is 2.88 bits per heavy atom. The molecular formula is C12H14N2O3. The van der Waals surface area contributed by atoms with E-state index < -0.39 is 5.97 Å². The molecule has 0 spiro atoms. The maximum Gasteiger partial charge on any atom is 0.339 e. The van der Waals surface area contributed by atoms with Crippen LogP contribution in [0.4, 0.5) is 5.82 Å². The molecule has 2 heterocycles. The van der Waals surface area contributed by atoms with Gasteiger partial charge in [0.2, 0.25) is 5.91 Å². The number of amides is 1. The Morgan fingerprint density at radius 2 is 2.24 bits per heavy atom. The lowest BCUT2D eigenvalue weighted by atomic mass is 10.1. The van der Waals surface area contributed by atoms with Crippen LogP contribution in [-0.4, -0.2) is 28.5 Å². The number of carboxylic acids is 1. The predicted molar refractivity (Wildman–Crippen MR) is 62.1 cm³/mol. The summed E-state index contributed by atoms with van der Waals surface area (Å²) in [6, 6.07) is 1.64. The van der Waals surface area contributed by atoms with E-state index in [9.17, 15) is 14.7 Å². The van der Waals surface area contributed by atoms with Gasteiger partial charge in [-0.05, 0) is 31.4 Å². The van der Waals surface area contributed by atoms with Crippen molar-refractivity contribution in [2.45, 2.75) is 26.2 Å². The fourth-order valence-electron chi connectivity index (χ4n) is 2.04. The van der Waals surface area contributed by atoms with Gasteiger partial charge in [-0.1, -0.05) is 0 Å². The summed E-state index contributed by atoms with van der Waals surface area (Å²) in [6.45, 7) is 2.26. The van der Waals surface area contributed by atoms with Crippen LogP contribution in [0.2, 0.25) is 0 Å². The van der Waals surface area contributed by atoms with Gasteiger partial charge >= 0.3 is 5.97 Å². The summed E-state index contributed by atoms with van der Waals surface area (Å²) in [5, 5.41) is 9.19. The average Bonchev–Trinajstić information content (AvgIpc) is 2.28. The van der Waals surface area contributed by atoms with Crippen molar-refractivity contribution in [3.63, 3.8) is 0 Å². The molecule has 17 heavy (non-hydrogen) atoms. The lowest BCUT2D eigenvalue weighted by Gasteiger charge is -2.27. The van der Waals surface area contributed by atoms with Crippen LogP contribution in [0.1, 0.15) is 35.2 Å². The molecule has 0 aliphatic carbocycles. The molecule has 1 N–H and O–H groups in total. The molecule has 5 heteroatoms. The van der Waals surface area contributed by atoms with Crippen molar-refractivity contribution in [1.29, 1.82) is 0 Å². The minimum atomic E-state index is -1.04. The fraction of sp³-hybridized carbons (Fsp3) is 0.417. The molecule has 1 aromatic rings. The number of hydrogen-bond donors (Lipinski definition) is 1. The van der Waals surface area contributed by atoms with E-state index in [0.717, 1.165) is 12.8 Å². The molecule has 90 valence electrons. The van der Waals surface area contributed by atoms with Crippen molar-refractivity contribution in [3.8, 4) is 0 Å². The number of hydrogen-bond acceptors (Lipinski definition) is 3. The van der Waals surface area contributed by atoms with Gasteiger partial charge in [0.1, 0.15) is 11.4 Å². The van der Waals surface area contributed by atoms with Gasteiger partial charge in [-0.15, -0.1) is 0 Å². The van der Waals surface area contributed by atoms with Gasteiger partial charge in [0.25, 0.3) is 0 Å². The molecule has 0 unspecified atom stereocenters. The third-order valence-electron chi connectivity index (χ3n) is 2.93. The van der Waals surface area contributed by atoms with Gasteiger partial charge in [0.15, 0.2) is 0 Å². The van der Waals surface area contributed by atoms with E-state index in [-0.39, 0.29) is 17.3 Å². The first kappa shape index (κ1) is 11.6.